The summed E-state index contributed by atoms with van der Waals surface area (Å²) in [7, 11) is 0. The Kier molecular flexibility index (Phi) is 2.57. The second-order valence-corrected chi connectivity index (χ2v) is 2.78. The van der Waals surface area contributed by atoms with Gasteiger partial charge in [-0.25, -0.2) is 4.39 Å². The summed E-state index contributed by atoms with van der Waals surface area (Å²) in [5, 5.41) is 0. The molecule has 1 amide bonds. The van der Waals surface area contributed by atoms with Crippen molar-refractivity contribution in [1.82, 2.24) is 0 Å². The molecule has 15 heavy (non-hydrogen) atoms. The minimum absolute atomic E-state index is 0.404. The van der Waals surface area contributed by atoms with Gasteiger partial charge < -0.3 is 11.5 Å². The fourth-order valence-corrected chi connectivity index (χ4v) is 1.07. The summed E-state index contributed by atoms with van der Waals surface area (Å²) >= 11 is 0. The molecule has 82 valence electrons. The number of anilines is 1. The van der Waals surface area contributed by atoms with Gasteiger partial charge in [0.1, 0.15) is 11.4 Å². The highest BCUT2D eigenvalue weighted by atomic mass is 19.4. The number of carbonyl (C=O) groups is 1. The first-order valence-electron chi connectivity index (χ1n) is 3.69. The Labute approximate surface area is 81.7 Å². The molecule has 0 spiro atoms. The van der Waals surface area contributed by atoms with Crippen LogP contribution >= 0.6 is 0 Å². The third-order valence-corrected chi connectivity index (χ3v) is 1.69. The maximum Gasteiger partial charge on any atom is 0.421 e. The third kappa shape index (κ3) is 2.17. The number of primary amides is 1. The summed E-state index contributed by atoms with van der Waals surface area (Å²) in [5.41, 5.74) is 6.89. The van der Waals surface area contributed by atoms with E-state index in [0.717, 1.165) is 0 Å². The predicted octanol–water partition coefficient (Wildman–Crippen LogP) is 1.53. The van der Waals surface area contributed by atoms with Crippen LogP contribution in [0.25, 0.3) is 0 Å². The summed E-state index contributed by atoms with van der Waals surface area (Å²) < 4.78 is 49.6. The van der Waals surface area contributed by atoms with E-state index >= 15 is 0 Å². The van der Waals surface area contributed by atoms with E-state index in [9.17, 15) is 22.4 Å². The zero-order chi connectivity index (χ0) is 11.8. The number of alkyl halides is 3. The van der Waals surface area contributed by atoms with Gasteiger partial charge in [-0.15, -0.1) is 0 Å². The van der Waals surface area contributed by atoms with Crippen molar-refractivity contribution in [2.75, 3.05) is 5.73 Å². The van der Waals surface area contributed by atoms with Crippen molar-refractivity contribution >= 4 is 11.6 Å². The maximum absolute atomic E-state index is 13.0. The Bertz CT molecular complexity index is 391. The molecule has 0 bridgehead atoms. The van der Waals surface area contributed by atoms with Crippen LogP contribution in [0, 0.1) is 5.82 Å². The van der Waals surface area contributed by atoms with Gasteiger partial charge in [-0.2, -0.15) is 13.2 Å². The number of rotatable bonds is 1. The Hall–Kier alpha value is -1.79. The van der Waals surface area contributed by atoms with Crippen LogP contribution in [-0.4, -0.2) is 5.91 Å². The van der Waals surface area contributed by atoms with Crippen molar-refractivity contribution in [2.24, 2.45) is 5.73 Å². The van der Waals surface area contributed by atoms with E-state index in [1.807, 2.05) is 0 Å². The molecule has 7 heteroatoms. The molecule has 0 unspecified atom stereocenters. The van der Waals surface area contributed by atoms with E-state index in [1.165, 1.54) is 0 Å². The molecule has 0 saturated carbocycles. The first-order valence-corrected chi connectivity index (χ1v) is 3.69. The predicted molar refractivity (Wildman–Crippen MR) is 44.3 cm³/mol. The standard InChI is InChI=1S/C8H6F4N2O/c9-4-1-3(7(14)15)2-5(13)6(4)8(10,11)12/h1-2H,13H2,(H2,14,15). The average Bonchev–Trinajstić information content (AvgIpc) is 1.99. The smallest absolute Gasteiger partial charge is 0.398 e. The van der Waals surface area contributed by atoms with Gasteiger partial charge in [-0.3, -0.25) is 4.79 Å². The van der Waals surface area contributed by atoms with Gasteiger partial charge in [0.2, 0.25) is 5.91 Å². The quantitative estimate of drug-likeness (QED) is 0.558. The Morgan fingerprint density at radius 3 is 2.13 bits per heavy atom. The highest BCUT2D eigenvalue weighted by Crippen LogP contribution is 2.35. The van der Waals surface area contributed by atoms with Crippen molar-refractivity contribution in [2.45, 2.75) is 6.18 Å². The zero-order valence-corrected chi connectivity index (χ0v) is 7.23. The zero-order valence-electron chi connectivity index (χ0n) is 7.23. The summed E-state index contributed by atoms with van der Waals surface area (Å²) in [6.45, 7) is 0. The van der Waals surface area contributed by atoms with E-state index < -0.39 is 34.7 Å². The highest BCUT2D eigenvalue weighted by molar-refractivity contribution is 5.93. The van der Waals surface area contributed by atoms with Crippen LogP contribution in [0.5, 0.6) is 0 Å². The first kappa shape index (κ1) is 11.3. The topological polar surface area (TPSA) is 69.1 Å². The van der Waals surface area contributed by atoms with Gasteiger partial charge >= 0.3 is 6.18 Å². The van der Waals surface area contributed by atoms with Crippen LogP contribution in [0.15, 0.2) is 12.1 Å². The maximum atomic E-state index is 13.0. The molecule has 0 aliphatic carbocycles. The van der Waals surface area contributed by atoms with E-state index in [4.69, 9.17) is 11.5 Å². The molecular formula is C8H6F4N2O. The molecule has 0 aliphatic heterocycles. The fraction of sp³-hybridized carbons (Fsp3) is 0.125. The number of hydrogen-bond donors (Lipinski definition) is 2. The Morgan fingerprint density at radius 1 is 1.27 bits per heavy atom. The largest absolute Gasteiger partial charge is 0.421 e. The van der Waals surface area contributed by atoms with E-state index in [2.05, 4.69) is 0 Å². The lowest BCUT2D eigenvalue weighted by Gasteiger charge is -2.11. The normalized spacial score (nSPS) is 11.5. The minimum atomic E-state index is -4.90. The van der Waals surface area contributed by atoms with Crippen LogP contribution in [-0.2, 0) is 6.18 Å². The number of hydrogen-bond acceptors (Lipinski definition) is 2. The van der Waals surface area contributed by atoms with Crippen molar-refractivity contribution in [3.63, 3.8) is 0 Å². The Balaban J connectivity index is 3.41. The summed E-state index contributed by atoms with van der Waals surface area (Å²) in [4.78, 5) is 10.6. The van der Waals surface area contributed by atoms with Gasteiger partial charge in [-0.1, -0.05) is 0 Å². The second kappa shape index (κ2) is 3.41. The van der Waals surface area contributed by atoms with E-state index in [-0.39, 0.29) is 0 Å². The lowest BCUT2D eigenvalue weighted by molar-refractivity contribution is -0.139. The van der Waals surface area contributed by atoms with Crippen molar-refractivity contribution in [1.29, 1.82) is 0 Å². The van der Waals surface area contributed by atoms with Crippen LogP contribution < -0.4 is 11.5 Å². The van der Waals surface area contributed by atoms with Crippen LogP contribution in [0.3, 0.4) is 0 Å². The molecule has 0 atom stereocenters. The molecule has 1 rings (SSSR count). The number of nitrogen functional groups attached to an aromatic ring is 1. The van der Waals surface area contributed by atoms with Gasteiger partial charge in [0.25, 0.3) is 0 Å². The monoisotopic (exact) mass is 222 g/mol. The number of benzene rings is 1. The SMILES string of the molecule is NC(=O)c1cc(N)c(C(F)(F)F)c(F)c1. The molecule has 0 saturated heterocycles. The van der Waals surface area contributed by atoms with Crippen LogP contribution in [0.1, 0.15) is 15.9 Å². The third-order valence-electron chi connectivity index (χ3n) is 1.69. The fourth-order valence-electron chi connectivity index (χ4n) is 1.07. The molecule has 0 radical (unpaired) electrons. The lowest BCUT2D eigenvalue weighted by Crippen LogP contribution is -2.16. The van der Waals surface area contributed by atoms with Crippen LogP contribution in [0.2, 0.25) is 0 Å². The van der Waals surface area contributed by atoms with E-state index in [1.54, 1.807) is 0 Å². The van der Waals surface area contributed by atoms with Gasteiger partial charge in [0.05, 0.1) is 0 Å². The summed E-state index contributed by atoms with van der Waals surface area (Å²) in [6, 6.07) is 1.09. The summed E-state index contributed by atoms with van der Waals surface area (Å²) in [5.74, 6) is -2.66. The summed E-state index contributed by atoms with van der Waals surface area (Å²) in [6.07, 6.45) is -4.90. The van der Waals surface area contributed by atoms with Crippen molar-refractivity contribution < 1.29 is 22.4 Å². The molecule has 0 heterocycles. The number of nitrogens with two attached hydrogens (primary N) is 2. The molecule has 1 aromatic carbocycles. The average molecular weight is 222 g/mol. The Morgan fingerprint density at radius 2 is 1.80 bits per heavy atom. The number of amides is 1. The molecule has 0 aromatic heterocycles. The molecule has 1 aromatic rings. The highest BCUT2D eigenvalue weighted by Gasteiger charge is 2.36. The number of carbonyl (C=O) groups excluding carboxylic acids is 1. The molecular weight excluding hydrogens is 216 g/mol. The van der Waals surface area contributed by atoms with E-state index in [0.29, 0.717) is 12.1 Å². The first-order chi connectivity index (χ1) is 6.73. The van der Waals surface area contributed by atoms with Gasteiger partial charge in [0.15, 0.2) is 0 Å². The second-order valence-electron chi connectivity index (χ2n) is 2.78. The molecule has 3 nitrogen and oxygen atoms in total. The molecule has 4 N–H and O–H groups in total. The molecule has 0 aliphatic rings. The number of halogens is 4. The van der Waals surface area contributed by atoms with Crippen molar-refractivity contribution in [3.05, 3.63) is 29.1 Å². The van der Waals surface area contributed by atoms with Crippen molar-refractivity contribution in [3.8, 4) is 0 Å². The lowest BCUT2D eigenvalue weighted by atomic mass is 10.1. The van der Waals surface area contributed by atoms with Crippen LogP contribution in [0.4, 0.5) is 23.2 Å². The van der Waals surface area contributed by atoms with Gasteiger partial charge in [0, 0.05) is 11.3 Å². The van der Waals surface area contributed by atoms with Gasteiger partial charge in [-0.05, 0) is 12.1 Å². The molecule has 0 fully saturated rings. The minimum Gasteiger partial charge on any atom is -0.398 e.